The maximum atomic E-state index is 12.8. The smallest absolute Gasteiger partial charge is 0.345 e. The molecule has 7 heteroatoms. The lowest BCUT2D eigenvalue weighted by atomic mass is 9.99. The van der Waals surface area contributed by atoms with Crippen LogP contribution in [-0.4, -0.2) is 35.6 Å². The number of esters is 1. The first-order valence-corrected chi connectivity index (χ1v) is 8.86. The van der Waals surface area contributed by atoms with E-state index in [4.69, 9.17) is 9.57 Å². The van der Waals surface area contributed by atoms with Crippen molar-refractivity contribution in [3.8, 4) is 0 Å². The number of carbonyl (C=O) groups excluding carboxylic acids is 2. The highest BCUT2D eigenvalue weighted by molar-refractivity contribution is 7.12. The summed E-state index contributed by atoms with van der Waals surface area (Å²) in [5, 5.41) is 1.40. The average Bonchev–Trinajstić information content (AvgIpc) is 3.14. The number of methoxy groups -OCH3 is 1. The van der Waals surface area contributed by atoms with Crippen LogP contribution in [0.25, 0.3) is 0 Å². The van der Waals surface area contributed by atoms with Gasteiger partial charge in [-0.15, -0.1) is 11.3 Å². The Labute approximate surface area is 149 Å². The van der Waals surface area contributed by atoms with E-state index >= 15 is 0 Å². The Bertz CT molecular complexity index is 820. The first-order chi connectivity index (χ1) is 12.1. The molecule has 2 aliphatic heterocycles. The van der Waals surface area contributed by atoms with Crippen molar-refractivity contribution in [3.63, 3.8) is 0 Å². The van der Waals surface area contributed by atoms with E-state index in [-0.39, 0.29) is 12.1 Å². The highest BCUT2D eigenvalue weighted by Crippen LogP contribution is 2.47. The second kappa shape index (κ2) is 6.16. The van der Waals surface area contributed by atoms with Gasteiger partial charge >= 0.3 is 12.0 Å². The lowest BCUT2D eigenvalue weighted by Crippen LogP contribution is -2.38. The molecule has 2 bridgehead atoms. The van der Waals surface area contributed by atoms with Gasteiger partial charge in [-0.3, -0.25) is 4.84 Å². The number of hydroxylamine groups is 2. The second-order valence-electron chi connectivity index (χ2n) is 6.14. The van der Waals surface area contributed by atoms with Crippen LogP contribution in [0, 0.1) is 6.92 Å². The second-order valence-corrected chi connectivity index (χ2v) is 7.43. The summed E-state index contributed by atoms with van der Waals surface area (Å²) < 4.78 is 4.93. The molecule has 2 aromatic rings. The number of carbonyl (C=O) groups is 2. The van der Waals surface area contributed by atoms with Gasteiger partial charge in [0.2, 0.25) is 0 Å². The molecular formula is C18H18N2O4S. The zero-order valence-electron chi connectivity index (χ0n) is 14.0. The summed E-state index contributed by atoms with van der Waals surface area (Å²) in [4.78, 5) is 34.5. The summed E-state index contributed by atoms with van der Waals surface area (Å²) in [5.74, 6) is -0.417. The fraction of sp³-hybridized carbons (Fsp3) is 0.333. The average molecular weight is 358 g/mol. The third-order valence-corrected chi connectivity index (χ3v) is 5.68. The summed E-state index contributed by atoms with van der Waals surface area (Å²) in [7, 11) is 1.35. The van der Waals surface area contributed by atoms with Crippen molar-refractivity contribution in [1.82, 2.24) is 9.96 Å². The maximum Gasteiger partial charge on any atom is 0.345 e. The van der Waals surface area contributed by atoms with Crippen LogP contribution in [0.3, 0.4) is 0 Å². The fourth-order valence-corrected chi connectivity index (χ4v) is 4.60. The molecule has 0 N–H and O–H groups in total. The molecule has 1 aromatic heterocycles. The molecule has 0 saturated carbocycles. The monoisotopic (exact) mass is 358 g/mol. The van der Waals surface area contributed by atoms with Crippen LogP contribution < -0.4 is 0 Å². The highest BCUT2D eigenvalue weighted by Gasteiger charge is 2.52. The van der Waals surface area contributed by atoms with Crippen LogP contribution in [0.5, 0.6) is 0 Å². The van der Waals surface area contributed by atoms with Crippen molar-refractivity contribution in [2.24, 2.45) is 0 Å². The third kappa shape index (κ3) is 2.60. The van der Waals surface area contributed by atoms with Gasteiger partial charge < -0.3 is 9.64 Å². The quantitative estimate of drug-likeness (QED) is 0.788. The van der Waals surface area contributed by atoms with Gasteiger partial charge in [0.15, 0.2) is 6.04 Å². The Hall–Kier alpha value is -2.38. The topological polar surface area (TPSA) is 59.1 Å². The van der Waals surface area contributed by atoms with E-state index in [9.17, 15) is 9.59 Å². The van der Waals surface area contributed by atoms with Crippen molar-refractivity contribution in [2.75, 3.05) is 13.7 Å². The van der Waals surface area contributed by atoms with Gasteiger partial charge in [0.1, 0.15) is 12.6 Å². The number of aryl methyl sites for hydroxylation is 1. The number of benzene rings is 1. The minimum absolute atomic E-state index is 0.197. The van der Waals surface area contributed by atoms with Crippen LogP contribution in [0.1, 0.15) is 33.0 Å². The van der Waals surface area contributed by atoms with Gasteiger partial charge in [-0.25, -0.2) is 9.59 Å². The molecule has 2 unspecified atom stereocenters. The van der Waals surface area contributed by atoms with Crippen LogP contribution in [0.4, 0.5) is 4.79 Å². The SMILES string of the molecule is COC(=O)C1c2sc(C)cc2C2CN1C(=O)N2OCc1ccccc1. The van der Waals surface area contributed by atoms with Crippen molar-refractivity contribution >= 4 is 23.3 Å². The summed E-state index contributed by atoms with van der Waals surface area (Å²) >= 11 is 1.53. The van der Waals surface area contributed by atoms with E-state index in [0.717, 1.165) is 20.9 Å². The zero-order valence-corrected chi connectivity index (χ0v) is 14.8. The number of amides is 2. The molecule has 25 heavy (non-hydrogen) atoms. The lowest BCUT2D eigenvalue weighted by molar-refractivity contribution is -0.146. The molecule has 4 rings (SSSR count). The Morgan fingerprint density at radius 3 is 2.80 bits per heavy atom. The molecule has 1 saturated heterocycles. The van der Waals surface area contributed by atoms with E-state index in [1.807, 2.05) is 43.3 Å². The number of urea groups is 1. The molecule has 1 fully saturated rings. The molecule has 1 aromatic carbocycles. The molecule has 3 heterocycles. The van der Waals surface area contributed by atoms with Gasteiger partial charge in [-0.1, -0.05) is 30.3 Å². The van der Waals surface area contributed by atoms with Crippen molar-refractivity contribution < 1.29 is 19.2 Å². The first kappa shape index (κ1) is 16.1. The van der Waals surface area contributed by atoms with Crippen molar-refractivity contribution in [2.45, 2.75) is 25.6 Å². The molecule has 130 valence electrons. The number of hydrogen-bond acceptors (Lipinski definition) is 5. The number of thiophene rings is 1. The summed E-state index contributed by atoms with van der Waals surface area (Å²) in [6.07, 6.45) is 0. The van der Waals surface area contributed by atoms with Gasteiger partial charge in [0, 0.05) is 9.75 Å². The number of nitrogens with zero attached hydrogens (tertiary/aromatic N) is 2. The third-order valence-electron chi connectivity index (χ3n) is 4.56. The van der Waals surface area contributed by atoms with Crippen molar-refractivity contribution in [3.05, 3.63) is 57.3 Å². The summed E-state index contributed by atoms with van der Waals surface area (Å²) in [6.45, 7) is 2.73. The van der Waals surface area contributed by atoms with Crippen LogP contribution in [-0.2, 0) is 21.0 Å². The molecule has 2 aliphatic rings. The number of fused-ring (bicyclic) bond motifs is 4. The Morgan fingerprint density at radius 1 is 1.32 bits per heavy atom. The van der Waals surface area contributed by atoms with Gasteiger partial charge in [-0.2, -0.15) is 5.06 Å². The first-order valence-electron chi connectivity index (χ1n) is 8.05. The van der Waals surface area contributed by atoms with Gasteiger partial charge in [0.25, 0.3) is 0 Å². The number of rotatable bonds is 4. The summed E-state index contributed by atoms with van der Waals surface area (Å²) in [6, 6.07) is 10.6. The molecule has 2 amide bonds. The van der Waals surface area contributed by atoms with Crippen molar-refractivity contribution in [1.29, 1.82) is 0 Å². The van der Waals surface area contributed by atoms with Crippen LogP contribution in [0.2, 0.25) is 0 Å². The normalized spacial score (nSPS) is 21.4. The fourth-order valence-electron chi connectivity index (χ4n) is 3.42. The van der Waals surface area contributed by atoms with E-state index in [0.29, 0.717) is 13.2 Å². The standard InChI is InChI=1S/C18H18N2O4S/c1-11-8-13-14-9-19(15(16(13)25-11)17(21)23-2)18(22)20(14)24-10-12-6-4-3-5-7-12/h3-8,14-15H,9-10H2,1-2H3. The Morgan fingerprint density at radius 2 is 2.08 bits per heavy atom. The minimum atomic E-state index is -0.687. The number of ether oxygens (including phenoxy) is 1. The molecule has 0 aliphatic carbocycles. The molecule has 0 radical (unpaired) electrons. The van der Waals surface area contributed by atoms with Crippen LogP contribution in [0.15, 0.2) is 36.4 Å². The van der Waals surface area contributed by atoms with E-state index < -0.39 is 12.0 Å². The highest BCUT2D eigenvalue weighted by atomic mass is 32.1. The van der Waals surface area contributed by atoms with Gasteiger partial charge in [-0.05, 0) is 24.1 Å². The molecule has 6 nitrogen and oxygen atoms in total. The van der Waals surface area contributed by atoms with Crippen LogP contribution >= 0.6 is 11.3 Å². The lowest BCUT2D eigenvalue weighted by Gasteiger charge is -2.28. The molecule has 2 atom stereocenters. The number of hydrogen-bond donors (Lipinski definition) is 0. The largest absolute Gasteiger partial charge is 0.467 e. The predicted octanol–water partition coefficient (Wildman–Crippen LogP) is 3.19. The maximum absolute atomic E-state index is 12.8. The Kier molecular flexibility index (Phi) is 3.97. The zero-order chi connectivity index (χ0) is 17.6. The van der Waals surface area contributed by atoms with E-state index in [1.165, 1.54) is 23.5 Å². The van der Waals surface area contributed by atoms with E-state index in [2.05, 4.69) is 0 Å². The summed E-state index contributed by atoms with van der Waals surface area (Å²) in [5.41, 5.74) is 1.96. The predicted molar refractivity (Wildman–Crippen MR) is 91.7 cm³/mol. The molecule has 0 spiro atoms. The molecular weight excluding hydrogens is 340 g/mol. The van der Waals surface area contributed by atoms with Gasteiger partial charge in [0.05, 0.1) is 13.7 Å². The Balaban J connectivity index is 1.64. The van der Waals surface area contributed by atoms with E-state index in [1.54, 1.807) is 4.90 Å². The minimum Gasteiger partial charge on any atom is -0.467 e.